The second-order valence-corrected chi connectivity index (χ2v) is 5.77. The Labute approximate surface area is 121 Å². The summed E-state index contributed by atoms with van der Waals surface area (Å²) < 4.78 is 5.93. The first kappa shape index (κ1) is 13.9. The molecule has 1 aromatic heterocycles. The van der Waals surface area contributed by atoms with Gasteiger partial charge in [-0.3, -0.25) is 4.79 Å². The monoisotopic (exact) mass is 295 g/mol. The Kier molecular flexibility index (Phi) is 4.82. The molecule has 0 atom stereocenters. The molecule has 0 aliphatic heterocycles. The fraction of sp³-hybridized carbons (Fsp3) is 0.214. The molecule has 0 aliphatic rings. The van der Waals surface area contributed by atoms with Crippen LogP contribution in [0.15, 0.2) is 36.4 Å². The van der Waals surface area contributed by atoms with E-state index in [0.29, 0.717) is 17.3 Å². The van der Waals surface area contributed by atoms with Gasteiger partial charge in [0.2, 0.25) is 5.91 Å². The summed E-state index contributed by atoms with van der Waals surface area (Å²) in [5, 5.41) is 2.88. The molecule has 1 aromatic carbocycles. The maximum atomic E-state index is 11.8. The van der Waals surface area contributed by atoms with Crippen LogP contribution in [0.2, 0.25) is 4.34 Å². The third kappa shape index (κ3) is 3.98. The number of amides is 1. The molecular weight excluding hydrogens is 282 g/mol. The van der Waals surface area contributed by atoms with Gasteiger partial charge in [0, 0.05) is 17.0 Å². The van der Waals surface area contributed by atoms with Crippen molar-refractivity contribution in [1.82, 2.24) is 5.32 Å². The Morgan fingerprint density at radius 1 is 1.32 bits per heavy atom. The number of nitrogens with one attached hydrogen (secondary N) is 1. The first-order valence-corrected chi connectivity index (χ1v) is 7.01. The van der Waals surface area contributed by atoms with Crippen molar-refractivity contribution in [2.45, 2.75) is 13.0 Å². The van der Waals surface area contributed by atoms with Gasteiger partial charge in [-0.1, -0.05) is 29.8 Å². The van der Waals surface area contributed by atoms with Gasteiger partial charge < -0.3 is 10.1 Å². The van der Waals surface area contributed by atoms with Crippen LogP contribution in [0.5, 0.6) is 5.75 Å². The van der Waals surface area contributed by atoms with Crippen LogP contribution in [0.3, 0.4) is 0 Å². The zero-order valence-corrected chi connectivity index (χ0v) is 12.1. The van der Waals surface area contributed by atoms with Crippen molar-refractivity contribution in [3.63, 3.8) is 0 Å². The van der Waals surface area contributed by atoms with Crippen LogP contribution < -0.4 is 10.1 Å². The van der Waals surface area contributed by atoms with Gasteiger partial charge in [0.05, 0.1) is 17.9 Å². The van der Waals surface area contributed by atoms with E-state index in [1.165, 1.54) is 11.3 Å². The first-order chi connectivity index (χ1) is 9.19. The number of hydrogen-bond donors (Lipinski definition) is 1. The van der Waals surface area contributed by atoms with Gasteiger partial charge >= 0.3 is 0 Å². The summed E-state index contributed by atoms with van der Waals surface area (Å²) in [7, 11) is 1.62. The Hall–Kier alpha value is -1.52. The molecule has 2 aromatic rings. The summed E-state index contributed by atoms with van der Waals surface area (Å²) in [6.07, 6.45) is 0.354. The number of hydrogen-bond acceptors (Lipinski definition) is 3. The minimum Gasteiger partial charge on any atom is -0.496 e. The second kappa shape index (κ2) is 6.59. The van der Waals surface area contributed by atoms with Gasteiger partial charge in [0.1, 0.15) is 5.75 Å². The number of para-hydroxylation sites is 1. The third-order valence-electron chi connectivity index (χ3n) is 2.63. The van der Waals surface area contributed by atoms with Gasteiger partial charge in [-0.25, -0.2) is 0 Å². The van der Waals surface area contributed by atoms with Gasteiger partial charge in [-0.15, -0.1) is 11.3 Å². The molecule has 19 heavy (non-hydrogen) atoms. The molecule has 0 unspecified atom stereocenters. The quantitative estimate of drug-likeness (QED) is 0.919. The average Bonchev–Trinajstić information content (AvgIpc) is 2.82. The lowest BCUT2D eigenvalue weighted by atomic mass is 10.2. The highest BCUT2D eigenvalue weighted by molar-refractivity contribution is 7.16. The van der Waals surface area contributed by atoms with Crippen LogP contribution in [-0.4, -0.2) is 13.0 Å². The van der Waals surface area contributed by atoms with E-state index in [-0.39, 0.29) is 5.91 Å². The smallest absolute Gasteiger partial charge is 0.225 e. The highest BCUT2D eigenvalue weighted by atomic mass is 35.5. The van der Waals surface area contributed by atoms with E-state index in [0.717, 1.165) is 16.2 Å². The number of ether oxygens (including phenoxy) is 1. The van der Waals surface area contributed by atoms with Gasteiger partial charge in [-0.2, -0.15) is 0 Å². The molecule has 100 valence electrons. The number of thiophene rings is 1. The van der Waals surface area contributed by atoms with E-state index in [9.17, 15) is 4.79 Å². The summed E-state index contributed by atoms with van der Waals surface area (Å²) in [4.78, 5) is 12.8. The molecule has 0 bridgehead atoms. The van der Waals surface area contributed by atoms with Crippen LogP contribution in [0.4, 0.5) is 0 Å². The van der Waals surface area contributed by atoms with E-state index in [2.05, 4.69) is 5.32 Å². The predicted octanol–water partition coefficient (Wildman–Crippen LogP) is 3.27. The number of rotatable bonds is 5. The summed E-state index contributed by atoms with van der Waals surface area (Å²) >= 11 is 7.25. The van der Waals surface area contributed by atoms with E-state index in [1.54, 1.807) is 13.2 Å². The molecule has 1 heterocycles. The molecule has 2 rings (SSSR count). The standard InChI is InChI=1S/C14H14ClNO2S/c1-18-12-5-3-2-4-10(12)9-16-14(17)8-11-6-7-13(15)19-11/h2-7H,8-9H2,1H3,(H,16,17). The molecule has 0 saturated carbocycles. The number of halogens is 1. The van der Waals surface area contributed by atoms with E-state index in [1.807, 2.05) is 30.3 Å². The van der Waals surface area contributed by atoms with Crippen LogP contribution >= 0.6 is 22.9 Å². The summed E-state index contributed by atoms with van der Waals surface area (Å²) in [6, 6.07) is 11.3. The second-order valence-electron chi connectivity index (χ2n) is 3.97. The van der Waals surface area contributed by atoms with Crippen molar-refractivity contribution in [2.75, 3.05) is 7.11 Å². The van der Waals surface area contributed by atoms with Crippen LogP contribution in [0.25, 0.3) is 0 Å². The average molecular weight is 296 g/mol. The van der Waals surface area contributed by atoms with Crippen LogP contribution in [0.1, 0.15) is 10.4 Å². The van der Waals surface area contributed by atoms with Crippen LogP contribution in [0, 0.1) is 0 Å². The van der Waals surface area contributed by atoms with Crippen molar-refractivity contribution < 1.29 is 9.53 Å². The number of carbonyl (C=O) groups excluding carboxylic acids is 1. The van der Waals surface area contributed by atoms with E-state index in [4.69, 9.17) is 16.3 Å². The Morgan fingerprint density at radius 3 is 2.79 bits per heavy atom. The Balaban J connectivity index is 1.89. The lowest BCUT2D eigenvalue weighted by Gasteiger charge is -2.09. The molecule has 0 spiro atoms. The van der Waals surface area contributed by atoms with Crippen molar-refractivity contribution in [3.05, 3.63) is 51.2 Å². The predicted molar refractivity (Wildman–Crippen MR) is 77.9 cm³/mol. The number of methoxy groups -OCH3 is 1. The minimum atomic E-state index is -0.0237. The lowest BCUT2D eigenvalue weighted by Crippen LogP contribution is -2.24. The molecule has 1 amide bonds. The van der Waals surface area contributed by atoms with Gasteiger partial charge in [0.15, 0.2) is 0 Å². The third-order valence-corrected chi connectivity index (χ3v) is 3.86. The van der Waals surface area contributed by atoms with E-state index >= 15 is 0 Å². The summed E-state index contributed by atoms with van der Waals surface area (Å²) in [5.41, 5.74) is 0.961. The molecule has 0 fully saturated rings. The molecule has 3 nitrogen and oxygen atoms in total. The zero-order chi connectivity index (χ0) is 13.7. The first-order valence-electron chi connectivity index (χ1n) is 5.82. The molecular formula is C14H14ClNO2S. The molecule has 0 radical (unpaired) electrons. The Morgan fingerprint density at radius 2 is 2.11 bits per heavy atom. The highest BCUT2D eigenvalue weighted by Gasteiger charge is 2.07. The summed E-state index contributed by atoms with van der Waals surface area (Å²) in [6.45, 7) is 0.460. The normalized spacial score (nSPS) is 10.2. The maximum Gasteiger partial charge on any atom is 0.225 e. The SMILES string of the molecule is COc1ccccc1CNC(=O)Cc1ccc(Cl)s1. The zero-order valence-electron chi connectivity index (χ0n) is 10.5. The fourth-order valence-electron chi connectivity index (χ4n) is 1.71. The maximum absolute atomic E-state index is 11.8. The minimum absolute atomic E-state index is 0.0237. The van der Waals surface area contributed by atoms with Crippen molar-refractivity contribution in [3.8, 4) is 5.75 Å². The molecule has 0 aliphatic carbocycles. The van der Waals surface area contributed by atoms with Crippen molar-refractivity contribution in [2.24, 2.45) is 0 Å². The van der Waals surface area contributed by atoms with Crippen molar-refractivity contribution in [1.29, 1.82) is 0 Å². The van der Waals surface area contributed by atoms with Gasteiger partial charge in [0.25, 0.3) is 0 Å². The molecule has 5 heteroatoms. The topological polar surface area (TPSA) is 38.3 Å². The summed E-state index contributed by atoms with van der Waals surface area (Å²) in [5.74, 6) is 0.756. The Bertz CT molecular complexity index is 568. The number of benzene rings is 1. The largest absolute Gasteiger partial charge is 0.496 e. The molecule has 1 N–H and O–H groups in total. The van der Waals surface area contributed by atoms with Gasteiger partial charge in [-0.05, 0) is 18.2 Å². The molecule has 0 saturated heterocycles. The highest BCUT2D eigenvalue weighted by Crippen LogP contribution is 2.22. The van der Waals surface area contributed by atoms with E-state index < -0.39 is 0 Å². The van der Waals surface area contributed by atoms with Crippen molar-refractivity contribution >= 4 is 28.8 Å². The van der Waals surface area contributed by atoms with Crippen LogP contribution in [-0.2, 0) is 17.8 Å². The fourth-order valence-corrected chi connectivity index (χ4v) is 2.80. The number of carbonyl (C=O) groups is 1. The lowest BCUT2D eigenvalue weighted by molar-refractivity contribution is -0.120.